The Labute approximate surface area is 151 Å². The van der Waals surface area contributed by atoms with Gasteiger partial charge in [0.25, 0.3) is 0 Å². The molecule has 7 nitrogen and oxygen atoms in total. The number of aromatic nitrogens is 1. The number of likely N-dealkylation sites (tertiary alicyclic amines) is 1. The lowest BCUT2D eigenvalue weighted by Crippen LogP contribution is -2.51. The summed E-state index contributed by atoms with van der Waals surface area (Å²) in [4.78, 5) is 40.8. The molecule has 2 atom stereocenters. The number of carbonyl (C=O) groups is 3. The van der Waals surface area contributed by atoms with E-state index in [-0.39, 0.29) is 11.8 Å². The zero-order chi connectivity index (χ0) is 18.7. The molecular formula is C19H24N4O3. The van der Waals surface area contributed by atoms with Gasteiger partial charge < -0.3 is 20.9 Å². The SMILES string of the molecule is CC(NC(=O)CCc1c[nH]c2ccccc12)C(=O)N1CCC[C@H]1C(N)=O. The lowest BCUT2D eigenvalue weighted by atomic mass is 10.1. The van der Waals surface area contributed by atoms with Crippen molar-refractivity contribution < 1.29 is 14.4 Å². The molecule has 1 aromatic carbocycles. The average Bonchev–Trinajstić information content (AvgIpc) is 3.26. The number of nitrogens with two attached hydrogens (primary N) is 1. The molecule has 0 aliphatic carbocycles. The fourth-order valence-electron chi connectivity index (χ4n) is 3.54. The number of hydrogen-bond donors (Lipinski definition) is 3. The molecule has 1 aliphatic heterocycles. The van der Waals surface area contributed by atoms with Gasteiger partial charge in [-0.1, -0.05) is 18.2 Å². The molecule has 26 heavy (non-hydrogen) atoms. The topological polar surface area (TPSA) is 108 Å². The fourth-order valence-corrected chi connectivity index (χ4v) is 3.54. The molecule has 138 valence electrons. The molecule has 7 heteroatoms. The third kappa shape index (κ3) is 3.71. The first-order valence-corrected chi connectivity index (χ1v) is 8.91. The molecule has 2 aromatic rings. The van der Waals surface area contributed by atoms with Crippen molar-refractivity contribution in [2.75, 3.05) is 6.54 Å². The van der Waals surface area contributed by atoms with Crippen LogP contribution in [-0.4, -0.2) is 46.2 Å². The van der Waals surface area contributed by atoms with Crippen molar-refractivity contribution in [3.63, 3.8) is 0 Å². The number of H-pyrrole nitrogens is 1. The van der Waals surface area contributed by atoms with Gasteiger partial charge in [0.15, 0.2) is 0 Å². The van der Waals surface area contributed by atoms with Gasteiger partial charge in [-0.3, -0.25) is 14.4 Å². The molecule has 1 aromatic heterocycles. The van der Waals surface area contributed by atoms with Gasteiger partial charge in [0.05, 0.1) is 0 Å². The number of amides is 3. The van der Waals surface area contributed by atoms with Crippen molar-refractivity contribution in [2.24, 2.45) is 5.73 Å². The Balaban J connectivity index is 1.54. The maximum Gasteiger partial charge on any atom is 0.245 e. The van der Waals surface area contributed by atoms with Crippen molar-refractivity contribution in [1.82, 2.24) is 15.2 Å². The van der Waals surface area contributed by atoms with Gasteiger partial charge in [-0.05, 0) is 37.8 Å². The number of nitrogens with one attached hydrogen (secondary N) is 2. The summed E-state index contributed by atoms with van der Waals surface area (Å²) in [5.74, 6) is -0.939. The number of hydrogen-bond acceptors (Lipinski definition) is 3. The molecule has 3 rings (SSSR count). The summed E-state index contributed by atoms with van der Waals surface area (Å²) in [5, 5.41) is 3.84. The van der Waals surface area contributed by atoms with Crippen LogP contribution in [0.5, 0.6) is 0 Å². The Morgan fingerprint density at radius 3 is 2.88 bits per heavy atom. The van der Waals surface area contributed by atoms with E-state index in [2.05, 4.69) is 10.3 Å². The number of fused-ring (bicyclic) bond motifs is 1. The van der Waals surface area contributed by atoms with E-state index >= 15 is 0 Å². The molecule has 0 bridgehead atoms. The van der Waals surface area contributed by atoms with Gasteiger partial charge in [-0.15, -0.1) is 0 Å². The zero-order valence-electron chi connectivity index (χ0n) is 14.8. The third-order valence-electron chi connectivity index (χ3n) is 4.91. The lowest BCUT2D eigenvalue weighted by Gasteiger charge is -2.25. The number of para-hydroxylation sites is 1. The summed E-state index contributed by atoms with van der Waals surface area (Å²) < 4.78 is 0. The molecule has 0 saturated carbocycles. The summed E-state index contributed by atoms with van der Waals surface area (Å²) in [7, 11) is 0. The van der Waals surface area contributed by atoms with Gasteiger partial charge in [0.1, 0.15) is 12.1 Å². The van der Waals surface area contributed by atoms with E-state index in [9.17, 15) is 14.4 Å². The van der Waals surface area contributed by atoms with E-state index in [0.717, 1.165) is 22.9 Å². The summed E-state index contributed by atoms with van der Waals surface area (Å²) in [6, 6.07) is 6.69. The third-order valence-corrected chi connectivity index (χ3v) is 4.91. The van der Waals surface area contributed by atoms with Gasteiger partial charge in [0, 0.05) is 30.1 Å². The predicted octanol–water partition coefficient (Wildman–Crippen LogP) is 1.08. The minimum Gasteiger partial charge on any atom is -0.368 e. The minimum atomic E-state index is -0.676. The highest BCUT2D eigenvalue weighted by molar-refractivity contribution is 5.92. The van der Waals surface area contributed by atoms with Crippen molar-refractivity contribution >= 4 is 28.6 Å². The van der Waals surface area contributed by atoms with E-state index in [1.807, 2.05) is 30.5 Å². The molecule has 3 amide bonds. The smallest absolute Gasteiger partial charge is 0.245 e. The molecule has 1 saturated heterocycles. The van der Waals surface area contributed by atoms with Crippen LogP contribution in [-0.2, 0) is 20.8 Å². The molecule has 0 spiro atoms. The molecular weight excluding hydrogens is 332 g/mol. The van der Waals surface area contributed by atoms with Crippen molar-refractivity contribution in [3.05, 3.63) is 36.0 Å². The normalized spacial score (nSPS) is 18.0. The standard InChI is InChI=1S/C19H24N4O3/c1-12(19(26)23-10-4-7-16(23)18(20)25)22-17(24)9-8-13-11-21-15-6-3-2-5-14(13)15/h2-3,5-6,11-12,16,21H,4,7-10H2,1H3,(H2,20,25)(H,22,24)/t12?,16-/m0/s1. The Morgan fingerprint density at radius 1 is 1.35 bits per heavy atom. The highest BCUT2D eigenvalue weighted by Crippen LogP contribution is 2.20. The second kappa shape index (κ2) is 7.59. The predicted molar refractivity (Wildman–Crippen MR) is 98.2 cm³/mol. The molecule has 4 N–H and O–H groups in total. The van der Waals surface area contributed by atoms with Gasteiger partial charge in [0.2, 0.25) is 17.7 Å². The van der Waals surface area contributed by atoms with Crippen LogP contribution in [0.2, 0.25) is 0 Å². The van der Waals surface area contributed by atoms with Crippen molar-refractivity contribution in [3.8, 4) is 0 Å². The van der Waals surface area contributed by atoms with Crippen LogP contribution < -0.4 is 11.1 Å². The van der Waals surface area contributed by atoms with Gasteiger partial charge >= 0.3 is 0 Å². The summed E-state index contributed by atoms with van der Waals surface area (Å²) >= 11 is 0. The number of benzene rings is 1. The first-order chi connectivity index (χ1) is 12.5. The number of nitrogens with zero attached hydrogens (tertiary/aromatic N) is 1. The molecule has 1 unspecified atom stereocenters. The number of aryl methyl sites for hydroxylation is 1. The van der Waals surface area contributed by atoms with E-state index in [1.54, 1.807) is 6.92 Å². The van der Waals surface area contributed by atoms with Crippen molar-refractivity contribution in [1.29, 1.82) is 0 Å². The highest BCUT2D eigenvalue weighted by Gasteiger charge is 2.35. The van der Waals surface area contributed by atoms with Gasteiger partial charge in [-0.25, -0.2) is 0 Å². The minimum absolute atomic E-state index is 0.189. The quantitative estimate of drug-likeness (QED) is 0.721. The second-order valence-electron chi connectivity index (χ2n) is 6.74. The maximum absolute atomic E-state index is 12.5. The summed E-state index contributed by atoms with van der Waals surface area (Å²) in [5.41, 5.74) is 7.46. The van der Waals surface area contributed by atoms with E-state index in [0.29, 0.717) is 25.8 Å². The Hall–Kier alpha value is -2.83. The van der Waals surface area contributed by atoms with Crippen LogP contribution in [0.25, 0.3) is 10.9 Å². The average molecular weight is 356 g/mol. The highest BCUT2D eigenvalue weighted by atomic mass is 16.2. The lowest BCUT2D eigenvalue weighted by molar-refractivity contribution is -0.140. The monoisotopic (exact) mass is 356 g/mol. The number of primary amides is 1. The van der Waals surface area contributed by atoms with E-state index in [1.165, 1.54) is 4.90 Å². The number of carbonyl (C=O) groups excluding carboxylic acids is 3. The van der Waals surface area contributed by atoms with Crippen LogP contribution in [0.3, 0.4) is 0 Å². The maximum atomic E-state index is 12.5. The van der Waals surface area contributed by atoms with Gasteiger partial charge in [-0.2, -0.15) is 0 Å². The fraction of sp³-hybridized carbons (Fsp3) is 0.421. The first kappa shape index (κ1) is 18.0. The van der Waals surface area contributed by atoms with E-state index < -0.39 is 18.0 Å². The molecule has 1 aliphatic rings. The molecule has 0 radical (unpaired) electrons. The van der Waals surface area contributed by atoms with Crippen molar-refractivity contribution in [2.45, 2.75) is 44.7 Å². The largest absolute Gasteiger partial charge is 0.368 e. The molecule has 1 fully saturated rings. The molecule has 2 heterocycles. The zero-order valence-corrected chi connectivity index (χ0v) is 14.8. The van der Waals surface area contributed by atoms with Crippen LogP contribution >= 0.6 is 0 Å². The number of aromatic amines is 1. The Morgan fingerprint density at radius 2 is 2.12 bits per heavy atom. The Bertz CT molecular complexity index is 829. The van der Waals surface area contributed by atoms with E-state index in [4.69, 9.17) is 5.73 Å². The van der Waals surface area contributed by atoms with Crippen LogP contribution in [0.1, 0.15) is 31.7 Å². The second-order valence-corrected chi connectivity index (χ2v) is 6.74. The first-order valence-electron chi connectivity index (χ1n) is 8.91. The van der Waals surface area contributed by atoms with Crippen LogP contribution in [0.15, 0.2) is 30.5 Å². The van der Waals surface area contributed by atoms with Crippen LogP contribution in [0, 0.1) is 0 Å². The summed E-state index contributed by atoms with van der Waals surface area (Å²) in [6.07, 6.45) is 4.13. The van der Waals surface area contributed by atoms with Crippen LogP contribution in [0.4, 0.5) is 0 Å². The number of rotatable bonds is 6. The summed E-state index contributed by atoms with van der Waals surface area (Å²) in [6.45, 7) is 2.14. The Kier molecular flexibility index (Phi) is 5.25.